The third kappa shape index (κ3) is 3.74. The molecule has 0 unspecified atom stereocenters. The predicted octanol–water partition coefficient (Wildman–Crippen LogP) is 0.573. The average molecular weight is 351 g/mol. The third-order valence-corrected chi connectivity index (χ3v) is 5.91. The van der Waals surface area contributed by atoms with E-state index in [0.29, 0.717) is 38.2 Å². The van der Waals surface area contributed by atoms with Crippen LogP contribution < -0.4 is 5.32 Å². The van der Waals surface area contributed by atoms with Crippen LogP contribution in [0.1, 0.15) is 18.5 Å². The Bertz CT molecular complexity index is 797. The van der Waals surface area contributed by atoms with Crippen molar-refractivity contribution in [3.63, 3.8) is 0 Å². The molecule has 1 aliphatic heterocycles. The van der Waals surface area contributed by atoms with Crippen LogP contribution in [0.4, 0.5) is 5.69 Å². The fourth-order valence-electron chi connectivity index (χ4n) is 2.67. The monoisotopic (exact) mass is 351 g/mol. The number of aryl methyl sites for hydroxylation is 1. The molecule has 0 saturated carbocycles. The van der Waals surface area contributed by atoms with Gasteiger partial charge in [0.2, 0.25) is 10.0 Å². The number of aliphatic hydroxyl groups excluding tert-OH is 1. The number of benzene rings is 1. The Balaban J connectivity index is 1.72. The molecule has 24 heavy (non-hydrogen) atoms. The number of hydrogen-bond donors (Lipinski definition) is 2. The van der Waals surface area contributed by atoms with Crippen molar-refractivity contribution in [1.82, 2.24) is 19.3 Å². The highest BCUT2D eigenvalue weighted by atomic mass is 32.2. The second kappa shape index (κ2) is 6.88. The molecule has 1 fully saturated rings. The summed E-state index contributed by atoms with van der Waals surface area (Å²) in [6.07, 6.45) is 2.34. The zero-order valence-corrected chi connectivity index (χ0v) is 14.3. The number of aliphatic hydroxyl groups is 1. The molecular weight excluding hydrogens is 330 g/mol. The lowest BCUT2D eigenvalue weighted by Crippen LogP contribution is -2.39. The van der Waals surface area contributed by atoms with Gasteiger partial charge in [-0.15, -0.1) is 5.10 Å². The molecule has 2 heterocycles. The van der Waals surface area contributed by atoms with Crippen molar-refractivity contribution in [3.8, 4) is 0 Å². The first kappa shape index (κ1) is 16.9. The van der Waals surface area contributed by atoms with E-state index in [1.807, 2.05) is 6.07 Å². The van der Waals surface area contributed by atoms with E-state index < -0.39 is 16.1 Å². The molecule has 0 spiro atoms. The number of aromatic nitrogens is 3. The van der Waals surface area contributed by atoms with Crippen molar-refractivity contribution in [3.05, 3.63) is 36.2 Å². The van der Waals surface area contributed by atoms with Crippen LogP contribution in [0.25, 0.3) is 0 Å². The van der Waals surface area contributed by atoms with Gasteiger partial charge in [0.15, 0.2) is 0 Å². The molecule has 1 aromatic carbocycles. The summed E-state index contributed by atoms with van der Waals surface area (Å²) in [5, 5.41) is 20.5. The number of hydrogen-bond acceptors (Lipinski definition) is 6. The third-order valence-electron chi connectivity index (χ3n) is 4.02. The van der Waals surface area contributed by atoms with Crippen molar-refractivity contribution in [2.24, 2.45) is 7.05 Å². The largest absolute Gasteiger partial charge is 0.393 e. The summed E-state index contributed by atoms with van der Waals surface area (Å²) in [6, 6.07) is 6.74. The molecule has 0 amide bonds. The van der Waals surface area contributed by atoms with Gasteiger partial charge < -0.3 is 10.4 Å². The lowest BCUT2D eigenvalue weighted by molar-refractivity contribution is 0.113. The maximum Gasteiger partial charge on any atom is 0.243 e. The second-order valence-electron chi connectivity index (χ2n) is 5.90. The van der Waals surface area contributed by atoms with Gasteiger partial charge in [-0.2, -0.15) is 4.31 Å². The lowest BCUT2D eigenvalue weighted by atomic mass is 10.1. The molecule has 0 atom stereocenters. The standard InChI is InChI=1S/C15H21N5O3S/c1-19-11-13(17-18-19)10-16-12-3-2-4-15(9-12)24(22,23)20-7-5-14(21)6-8-20/h2-4,9,11,14,16,21H,5-8,10H2,1H3. The molecule has 3 rings (SSSR count). The summed E-state index contributed by atoms with van der Waals surface area (Å²) in [5.41, 5.74) is 1.48. The minimum Gasteiger partial charge on any atom is -0.393 e. The van der Waals surface area contributed by atoms with Gasteiger partial charge in [-0.05, 0) is 31.0 Å². The van der Waals surface area contributed by atoms with Crippen LogP contribution in [0.2, 0.25) is 0 Å². The molecule has 130 valence electrons. The van der Waals surface area contributed by atoms with Crippen molar-refractivity contribution >= 4 is 15.7 Å². The predicted molar refractivity (Wildman–Crippen MR) is 88.8 cm³/mol. The Morgan fingerprint density at radius 3 is 2.75 bits per heavy atom. The molecule has 0 bridgehead atoms. The maximum absolute atomic E-state index is 12.7. The first-order chi connectivity index (χ1) is 11.4. The Morgan fingerprint density at radius 2 is 2.08 bits per heavy atom. The van der Waals surface area contributed by atoms with Crippen molar-refractivity contribution in [2.75, 3.05) is 18.4 Å². The summed E-state index contributed by atoms with van der Waals surface area (Å²) in [7, 11) is -1.75. The number of piperidine rings is 1. The van der Waals surface area contributed by atoms with E-state index in [1.54, 1.807) is 36.1 Å². The van der Waals surface area contributed by atoms with Crippen LogP contribution in [-0.2, 0) is 23.6 Å². The topological polar surface area (TPSA) is 100 Å². The molecule has 0 aliphatic carbocycles. The van der Waals surface area contributed by atoms with Gasteiger partial charge >= 0.3 is 0 Å². The zero-order valence-electron chi connectivity index (χ0n) is 13.5. The fraction of sp³-hybridized carbons (Fsp3) is 0.467. The minimum absolute atomic E-state index is 0.253. The average Bonchev–Trinajstić information content (AvgIpc) is 2.99. The van der Waals surface area contributed by atoms with Gasteiger partial charge in [0, 0.05) is 32.0 Å². The number of rotatable bonds is 5. The van der Waals surface area contributed by atoms with Gasteiger partial charge in [0.1, 0.15) is 5.69 Å². The highest BCUT2D eigenvalue weighted by Gasteiger charge is 2.28. The van der Waals surface area contributed by atoms with Crippen LogP contribution >= 0.6 is 0 Å². The van der Waals surface area contributed by atoms with E-state index in [9.17, 15) is 13.5 Å². The van der Waals surface area contributed by atoms with E-state index in [0.717, 1.165) is 5.69 Å². The molecule has 2 N–H and O–H groups in total. The molecule has 9 heteroatoms. The molecule has 1 saturated heterocycles. The molecular formula is C15H21N5O3S. The van der Waals surface area contributed by atoms with E-state index in [-0.39, 0.29) is 4.90 Å². The number of nitrogens with one attached hydrogen (secondary N) is 1. The highest BCUT2D eigenvalue weighted by Crippen LogP contribution is 2.23. The van der Waals surface area contributed by atoms with E-state index in [1.165, 1.54) is 4.31 Å². The molecule has 0 radical (unpaired) electrons. The molecule has 2 aromatic rings. The minimum atomic E-state index is -3.54. The summed E-state index contributed by atoms with van der Waals surface area (Å²) in [6.45, 7) is 1.16. The SMILES string of the molecule is Cn1cc(CNc2cccc(S(=O)(=O)N3CCC(O)CC3)c2)nn1. The quantitative estimate of drug-likeness (QED) is 0.817. The van der Waals surface area contributed by atoms with Crippen molar-refractivity contribution < 1.29 is 13.5 Å². The zero-order chi connectivity index (χ0) is 17.2. The summed E-state index contributed by atoms with van der Waals surface area (Å²) in [5.74, 6) is 0. The first-order valence-corrected chi connectivity index (χ1v) is 9.26. The highest BCUT2D eigenvalue weighted by molar-refractivity contribution is 7.89. The van der Waals surface area contributed by atoms with Gasteiger partial charge in [0.05, 0.1) is 17.5 Å². The first-order valence-electron chi connectivity index (χ1n) is 7.82. The van der Waals surface area contributed by atoms with Crippen LogP contribution in [0.3, 0.4) is 0 Å². The van der Waals surface area contributed by atoms with Crippen molar-refractivity contribution in [2.45, 2.75) is 30.4 Å². The van der Waals surface area contributed by atoms with Crippen LogP contribution in [0.15, 0.2) is 35.4 Å². The fourth-order valence-corrected chi connectivity index (χ4v) is 4.18. The van der Waals surface area contributed by atoms with E-state index >= 15 is 0 Å². The molecule has 1 aliphatic rings. The van der Waals surface area contributed by atoms with E-state index in [2.05, 4.69) is 15.6 Å². The second-order valence-corrected chi connectivity index (χ2v) is 7.84. The number of anilines is 1. The van der Waals surface area contributed by atoms with Gasteiger partial charge in [-0.3, -0.25) is 4.68 Å². The maximum atomic E-state index is 12.7. The summed E-state index contributed by atoms with van der Waals surface area (Å²) in [4.78, 5) is 0.253. The van der Waals surface area contributed by atoms with Crippen LogP contribution in [-0.4, -0.2) is 52.0 Å². The van der Waals surface area contributed by atoms with E-state index in [4.69, 9.17) is 0 Å². The van der Waals surface area contributed by atoms with Gasteiger partial charge in [-0.1, -0.05) is 11.3 Å². The van der Waals surface area contributed by atoms with Gasteiger partial charge in [0.25, 0.3) is 0 Å². The summed E-state index contributed by atoms with van der Waals surface area (Å²) >= 11 is 0. The summed E-state index contributed by atoms with van der Waals surface area (Å²) < 4.78 is 28.5. The number of sulfonamides is 1. The van der Waals surface area contributed by atoms with Crippen LogP contribution in [0.5, 0.6) is 0 Å². The van der Waals surface area contributed by atoms with Crippen LogP contribution in [0, 0.1) is 0 Å². The molecule has 1 aromatic heterocycles. The van der Waals surface area contributed by atoms with Crippen molar-refractivity contribution in [1.29, 1.82) is 0 Å². The Labute approximate surface area is 141 Å². The number of nitrogens with zero attached hydrogens (tertiary/aromatic N) is 4. The normalized spacial score (nSPS) is 17.1. The molecule has 8 nitrogen and oxygen atoms in total. The van der Waals surface area contributed by atoms with Gasteiger partial charge in [-0.25, -0.2) is 8.42 Å². The Kier molecular flexibility index (Phi) is 4.83. The Morgan fingerprint density at radius 1 is 1.33 bits per heavy atom. The lowest BCUT2D eigenvalue weighted by Gasteiger charge is -2.28. The smallest absolute Gasteiger partial charge is 0.243 e. The Hall–Kier alpha value is -1.97.